The van der Waals surface area contributed by atoms with Gasteiger partial charge in [0, 0.05) is 17.5 Å². The molecule has 0 heterocycles. The zero-order valence-electron chi connectivity index (χ0n) is 8.88. The summed E-state index contributed by atoms with van der Waals surface area (Å²) in [7, 11) is 0. The van der Waals surface area contributed by atoms with Gasteiger partial charge < -0.3 is 4.74 Å². The van der Waals surface area contributed by atoms with E-state index in [0.29, 0.717) is 24.0 Å². The van der Waals surface area contributed by atoms with E-state index >= 15 is 0 Å². The summed E-state index contributed by atoms with van der Waals surface area (Å²) in [5, 5.41) is 0. The number of ketones is 2. The van der Waals surface area contributed by atoms with E-state index in [2.05, 4.69) is 0 Å². The molecule has 0 saturated carbocycles. The molecule has 0 spiro atoms. The number of Topliss-reactive ketones (excluding diaryl/α,β-unsaturated/α-hetero) is 2. The number of hydrogen-bond donors (Lipinski definition) is 0. The van der Waals surface area contributed by atoms with Crippen LogP contribution in [0.3, 0.4) is 0 Å². The van der Waals surface area contributed by atoms with Gasteiger partial charge in [-0.05, 0) is 25.5 Å². The van der Waals surface area contributed by atoms with Crippen molar-refractivity contribution in [3.05, 3.63) is 29.1 Å². The van der Waals surface area contributed by atoms with Gasteiger partial charge in [-0.3, -0.25) is 9.59 Å². The molecule has 2 rings (SSSR count). The van der Waals surface area contributed by atoms with Crippen molar-refractivity contribution in [3.8, 4) is 5.75 Å². The predicted octanol–water partition coefficient (Wildman–Crippen LogP) is 1.92. The summed E-state index contributed by atoms with van der Waals surface area (Å²) in [5.41, 5.74) is 0.846. The molecule has 1 aromatic rings. The zero-order chi connectivity index (χ0) is 11.7. The van der Waals surface area contributed by atoms with Crippen LogP contribution in [0.2, 0.25) is 0 Å². The first kappa shape index (κ1) is 10.8. The minimum atomic E-state index is -0.510. The van der Waals surface area contributed by atoms with Crippen LogP contribution in [0, 0.1) is 5.82 Å². The normalized spacial score (nSPS) is 13.8. The Morgan fingerprint density at radius 1 is 1.44 bits per heavy atom. The molecule has 0 saturated heterocycles. The molecule has 0 unspecified atom stereocenters. The van der Waals surface area contributed by atoms with Crippen molar-refractivity contribution >= 4 is 11.6 Å². The zero-order valence-corrected chi connectivity index (χ0v) is 8.88. The van der Waals surface area contributed by atoms with Crippen molar-refractivity contribution in [3.63, 3.8) is 0 Å². The maximum atomic E-state index is 13.8. The minimum absolute atomic E-state index is 0.0352. The van der Waals surface area contributed by atoms with E-state index in [1.807, 2.05) is 0 Å². The van der Waals surface area contributed by atoms with Crippen LogP contribution >= 0.6 is 0 Å². The van der Waals surface area contributed by atoms with Crippen LogP contribution in [0.25, 0.3) is 0 Å². The van der Waals surface area contributed by atoms with Crippen LogP contribution in [0.4, 0.5) is 4.39 Å². The molecule has 0 aromatic heterocycles. The molecular weight excluding hydrogens is 211 g/mol. The minimum Gasteiger partial charge on any atom is -0.483 e. The quantitative estimate of drug-likeness (QED) is 0.784. The third-order valence-electron chi connectivity index (χ3n) is 2.54. The van der Waals surface area contributed by atoms with Gasteiger partial charge in [0.05, 0.1) is 0 Å². The molecule has 0 amide bonds. The molecule has 0 atom stereocenters. The molecule has 0 fully saturated rings. The van der Waals surface area contributed by atoms with E-state index in [0.717, 1.165) is 0 Å². The van der Waals surface area contributed by atoms with Crippen LogP contribution in [-0.4, -0.2) is 18.2 Å². The highest BCUT2D eigenvalue weighted by atomic mass is 19.1. The Labute approximate surface area is 92.2 Å². The summed E-state index contributed by atoms with van der Waals surface area (Å²) in [4.78, 5) is 22.0. The summed E-state index contributed by atoms with van der Waals surface area (Å²) in [5.74, 6) is -0.670. The second kappa shape index (κ2) is 4.04. The Kier molecular flexibility index (Phi) is 2.73. The van der Waals surface area contributed by atoms with Crippen LogP contribution in [-0.2, 0) is 11.2 Å². The Morgan fingerprint density at radius 2 is 2.19 bits per heavy atom. The number of halogens is 1. The maximum absolute atomic E-state index is 13.8. The topological polar surface area (TPSA) is 43.4 Å². The molecule has 16 heavy (non-hydrogen) atoms. The van der Waals surface area contributed by atoms with Crippen molar-refractivity contribution < 1.29 is 18.7 Å². The molecule has 3 nitrogen and oxygen atoms in total. The van der Waals surface area contributed by atoms with Gasteiger partial charge in [-0.1, -0.05) is 0 Å². The number of rotatable bonds is 3. The van der Waals surface area contributed by atoms with E-state index in [1.54, 1.807) is 6.07 Å². The van der Waals surface area contributed by atoms with Gasteiger partial charge in [-0.2, -0.15) is 0 Å². The highest BCUT2D eigenvalue weighted by Crippen LogP contribution is 2.30. The molecule has 0 N–H and O–H groups in total. The number of benzene rings is 1. The van der Waals surface area contributed by atoms with Crippen LogP contribution < -0.4 is 4.74 Å². The molecule has 0 bridgehead atoms. The van der Waals surface area contributed by atoms with Crippen molar-refractivity contribution in [1.82, 2.24) is 0 Å². The molecule has 1 aliphatic rings. The summed E-state index contributed by atoms with van der Waals surface area (Å²) in [6.45, 7) is 1.22. The molecule has 84 valence electrons. The van der Waals surface area contributed by atoms with E-state index in [-0.39, 0.29) is 23.9 Å². The fourth-order valence-corrected chi connectivity index (χ4v) is 1.77. The summed E-state index contributed by atoms with van der Waals surface area (Å²) >= 11 is 0. The van der Waals surface area contributed by atoms with Gasteiger partial charge in [-0.15, -0.1) is 0 Å². The van der Waals surface area contributed by atoms with Crippen molar-refractivity contribution in [2.75, 3.05) is 6.61 Å². The number of ether oxygens (including phenoxy) is 1. The van der Waals surface area contributed by atoms with Gasteiger partial charge >= 0.3 is 0 Å². The van der Waals surface area contributed by atoms with Crippen molar-refractivity contribution in [2.45, 2.75) is 19.8 Å². The monoisotopic (exact) mass is 222 g/mol. The van der Waals surface area contributed by atoms with Gasteiger partial charge in [0.25, 0.3) is 0 Å². The predicted molar refractivity (Wildman–Crippen MR) is 55.2 cm³/mol. The van der Waals surface area contributed by atoms with Gasteiger partial charge in [0.2, 0.25) is 0 Å². The molecule has 1 aliphatic carbocycles. The Bertz CT molecular complexity index is 466. The summed E-state index contributed by atoms with van der Waals surface area (Å²) in [6.07, 6.45) is 0.764. The smallest absolute Gasteiger partial charge is 0.169 e. The lowest BCUT2D eigenvalue weighted by molar-refractivity contribution is -0.118. The fraction of sp³-hybridized carbons (Fsp3) is 0.333. The molecule has 4 heteroatoms. The average molecular weight is 222 g/mol. The van der Waals surface area contributed by atoms with E-state index in [1.165, 1.54) is 13.0 Å². The third kappa shape index (κ3) is 1.83. The first-order valence-corrected chi connectivity index (χ1v) is 5.06. The largest absolute Gasteiger partial charge is 0.483 e. The molecular formula is C12H11FO3. The Balaban J connectivity index is 2.29. The molecule has 0 aliphatic heterocycles. The highest BCUT2D eigenvalue weighted by molar-refractivity contribution is 6.00. The first-order valence-electron chi connectivity index (χ1n) is 5.06. The lowest BCUT2D eigenvalue weighted by atomic mass is 10.1. The Hall–Kier alpha value is -1.71. The fourth-order valence-electron chi connectivity index (χ4n) is 1.77. The van der Waals surface area contributed by atoms with Crippen LogP contribution in [0.15, 0.2) is 12.1 Å². The second-order valence-corrected chi connectivity index (χ2v) is 3.82. The number of carbonyl (C=O) groups is 2. The number of hydrogen-bond acceptors (Lipinski definition) is 3. The first-order chi connectivity index (χ1) is 7.59. The second-order valence-electron chi connectivity index (χ2n) is 3.82. The number of carbonyl (C=O) groups excluding carboxylic acids is 2. The summed E-state index contributed by atoms with van der Waals surface area (Å²) in [6, 6.07) is 2.96. The maximum Gasteiger partial charge on any atom is 0.169 e. The van der Waals surface area contributed by atoms with Crippen molar-refractivity contribution in [1.29, 1.82) is 0 Å². The Morgan fingerprint density at radius 3 is 2.88 bits per heavy atom. The van der Waals surface area contributed by atoms with E-state index < -0.39 is 5.82 Å². The van der Waals surface area contributed by atoms with Gasteiger partial charge in [0.1, 0.15) is 6.61 Å². The lowest BCUT2D eigenvalue weighted by Crippen LogP contribution is -2.08. The summed E-state index contributed by atoms with van der Waals surface area (Å²) < 4.78 is 18.8. The van der Waals surface area contributed by atoms with E-state index in [9.17, 15) is 14.0 Å². The van der Waals surface area contributed by atoms with Crippen LogP contribution in [0.1, 0.15) is 29.3 Å². The SMILES string of the molecule is CC(=O)COc1ccc2c(c1F)CCC2=O. The van der Waals surface area contributed by atoms with Gasteiger partial charge in [0.15, 0.2) is 23.1 Å². The highest BCUT2D eigenvalue weighted by Gasteiger charge is 2.24. The third-order valence-corrected chi connectivity index (χ3v) is 2.54. The van der Waals surface area contributed by atoms with Crippen molar-refractivity contribution in [2.24, 2.45) is 0 Å². The lowest BCUT2D eigenvalue weighted by Gasteiger charge is -2.07. The molecule has 1 aromatic carbocycles. The number of fused-ring (bicyclic) bond motifs is 1. The van der Waals surface area contributed by atoms with Crippen LogP contribution in [0.5, 0.6) is 5.75 Å². The average Bonchev–Trinajstić information content (AvgIpc) is 2.60. The molecule has 0 radical (unpaired) electrons. The standard InChI is InChI=1S/C12H11FO3/c1-7(14)6-16-11-5-3-8-9(12(11)13)2-4-10(8)15/h3,5H,2,4,6H2,1H3. The van der Waals surface area contributed by atoms with Gasteiger partial charge in [-0.25, -0.2) is 4.39 Å². The van der Waals surface area contributed by atoms with E-state index in [4.69, 9.17) is 4.74 Å².